The summed E-state index contributed by atoms with van der Waals surface area (Å²) in [4.78, 5) is 0. The maximum atomic E-state index is 5.90. The third-order valence-electron chi connectivity index (χ3n) is 0.853. The summed E-state index contributed by atoms with van der Waals surface area (Å²) < 4.78 is 0. The number of halogens is 2. The van der Waals surface area contributed by atoms with E-state index in [2.05, 4.69) is 6.92 Å². The first kappa shape index (κ1) is 10.3. The molecule has 0 aromatic heterocycles. The van der Waals surface area contributed by atoms with Crippen molar-refractivity contribution in [3.63, 3.8) is 0 Å². The van der Waals surface area contributed by atoms with E-state index in [1.807, 2.05) is 6.55 Å². The van der Waals surface area contributed by atoms with E-state index < -0.39 is 5.30 Å². The molecular weight excluding hydrogens is 238 g/mol. The van der Waals surface area contributed by atoms with E-state index in [1.54, 1.807) is 0 Å². The molecule has 0 aromatic carbocycles. The molecule has 0 nitrogen and oxygen atoms in total. The third-order valence-corrected chi connectivity index (χ3v) is 10.0. The predicted octanol–water partition coefficient (Wildman–Crippen LogP) is 2.96. The molecular formula is C5H12Cl2SeSi. The first-order valence-corrected chi connectivity index (χ1v) is 11.3. The SMILES string of the molecule is CCCC[Se][Si](C)(Cl)Cl. The van der Waals surface area contributed by atoms with Gasteiger partial charge >= 0.3 is 73.4 Å². The number of rotatable bonds is 4. The van der Waals surface area contributed by atoms with Crippen LogP contribution in [-0.4, -0.2) is 19.6 Å². The molecule has 0 amide bonds. The summed E-state index contributed by atoms with van der Waals surface area (Å²) in [5.74, 6) is 0. The maximum absolute atomic E-state index is 5.90. The Morgan fingerprint density at radius 2 is 2.00 bits per heavy atom. The summed E-state index contributed by atoms with van der Waals surface area (Å²) in [5, 5.41) is -0.424. The molecule has 0 aromatic rings. The number of hydrogen-bond acceptors (Lipinski definition) is 0. The van der Waals surface area contributed by atoms with Crippen molar-refractivity contribution >= 4 is 41.8 Å². The van der Waals surface area contributed by atoms with Crippen molar-refractivity contribution in [3.8, 4) is 0 Å². The first-order chi connectivity index (χ1) is 4.06. The average molecular weight is 250 g/mol. The molecule has 0 aliphatic heterocycles. The fourth-order valence-electron chi connectivity index (χ4n) is 0.396. The normalized spacial score (nSPS) is 12.0. The van der Waals surface area contributed by atoms with Crippen molar-refractivity contribution in [2.24, 2.45) is 0 Å². The van der Waals surface area contributed by atoms with E-state index in [1.165, 1.54) is 18.2 Å². The van der Waals surface area contributed by atoms with Gasteiger partial charge in [-0.2, -0.15) is 0 Å². The molecule has 0 aliphatic rings. The van der Waals surface area contributed by atoms with Gasteiger partial charge in [-0.1, -0.05) is 0 Å². The van der Waals surface area contributed by atoms with Gasteiger partial charge in [0.15, 0.2) is 0 Å². The molecule has 0 spiro atoms. The number of unbranched alkanes of at least 4 members (excludes halogenated alkanes) is 1. The van der Waals surface area contributed by atoms with Crippen LogP contribution < -0.4 is 0 Å². The van der Waals surface area contributed by atoms with Gasteiger partial charge in [0.2, 0.25) is 0 Å². The molecule has 0 N–H and O–H groups in total. The zero-order valence-electron chi connectivity index (χ0n) is 5.79. The monoisotopic (exact) mass is 250 g/mol. The van der Waals surface area contributed by atoms with E-state index in [0.29, 0.717) is 14.3 Å². The Morgan fingerprint density at radius 3 is 2.33 bits per heavy atom. The van der Waals surface area contributed by atoms with Gasteiger partial charge in [0.25, 0.3) is 0 Å². The second-order valence-electron chi connectivity index (χ2n) is 2.01. The van der Waals surface area contributed by atoms with Gasteiger partial charge in [-0.15, -0.1) is 0 Å². The van der Waals surface area contributed by atoms with E-state index in [4.69, 9.17) is 22.2 Å². The summed E-state index contributed by atoms with van der Waals surface area (Å²) in [7, 11) is 0. The van der Waals surface area contributed by atoms with E-state index >= 15 is 0 Å². The van der Waals surface area contributed by atoms with Crippen LogP contribution in [0.4, 0.5) is 0 Å². The van der Waals surface area contributed by atoms with Gasteiger partial charge in [-0.25, -0.2) is 0 Å². The van der Waals surface area contributed by atoms with Crippen LogP contribution >= 0.6 is 22.2 Å². The zero-order valence-corrected chi connectivity index (χ0v) is 10.0. The third kappa shape index (κ3) is 9.32. The molecule has 0 saturated carbocycles. The van der Waals surface area contributed by atoms with Crippen LogP contribution in [0.2, 0.25) is 11.9 Å². The van der Waals surface area contributed by atoms with Crippen LogP contribution in [0.1, 0.15) is 19.8 Å². The minimum atomic E-state index is -1.69. The second-order valence-corrected chi connectivity index (χ2v) is 19.9. The summed E-state index contributed by atoms with van der Waals surface area (Å²) in [5.41, 5.74) is 0. The molecule has 4 heteroatoms. The second kappa shape index (κ2) is 5.03. The van der Waals surface area contributed by atoms with Crippen molar-refractivity contribution in [1.29, 1.82) is 0 Å². The standard InChI is InChI=1S/C5H12Cl2SeSi/c1-3-4-5-8-9(2,6)7/h3-5H2,1-2H3. The Labute approximate surface area is 73.3 Å². The van der Waals surface area contributed by atoms with Gasteiger partial charge in [0, 0.05) is 0 Å². The molecule has 56 valence electrons. The van der Waals surface area contributed by atoms with Crippen LogP contribution in [0.5, 0.6) is 0 Å². The van der Waals surface area contributed by atoms with Gasteiger partial charge in [0.05, 0.1) is 0 Å². The molecule has 0 atom stereocenters. The average Bonchev–Trinajstić information content (AvgIpc) is 1.63. The van der Waals surface area contributed by atoms with E-state index in [0.717, 1.165) is 0 Å². The number of hydrogen-bond donors (Lipinski definition) is 0. The zero-order chi connectivity index (χ0) is 7.33. The van der Waals surface area contributed by atoms with Crippen LogP contribution in [-0.2, 0) is 0 Å². The van der Waals surface area contributed by atoms with Gasteiger partial charge < -0.3 is 0 Å². The van der Waals surface area contributed by atoms with Crippen LogP contribution in [0, 0.1) is 0 Å². The Morgan fingerprint density at radius 1 is 1.44 bits per heavy atom. The Bertz CT molecular complexity index is 71.8. The summed E-state index contributed by atoms with van der Waals surface area (Å²) >= 11 is 12.3. The molecule has 0 radical (unpaired) electrons. The van der Waals surface area contributed by atoms with E-state index in [9.17, 15) is 0 Å². The molecule has 0 fully saturated rings. The minimum absolute atomic E-state index is 0.534. The van der Waals surface area contributed by atoms with Crippen molar-refractivity contribution < 1.29 is 0 Å². The molecule has 0 unspecified atom stereocenters. The van der Waals surface area contributed by atoms with E-state index in [-0.39, 0.29) is 0 Å². The summed E-state index contributed by atoms with van der Waals surface area (Å²) in [6, 6.07) is 0. The topological polar surface area (TPSA) is 0 Å². The molecule has 9 heavy (non-hydrogen) atoms. The molecule has 0 aliphatic carbocycles. The Kier molecular flexibility index (Phi) is 5.77. The van der Waals surface area contributed by atoms with Crippen molar-refractivity contribution in [2.45, 2.75) is 31.6 Å². The fourth-order valence-corrected chi connectivity index (χ4v) is 7.07. The Hall–Kier alpha value is 1.32. The summed E-state index contributed by atoms with van der Waals surface area (Å²) in [6.07, 6.45) is 2.56. The first-order valence-electron chi connectivity index (χ1n) is 3.08. The van der Waals surface area contributed by atoms with Crippen molar-refractivity contribution in [3.05, 3.63) is 0 Å². The molecule has 0 saturated heterocycles. The summed E-state index contributed by atoms with van der Waals surface area (Å²) in [6.45, 7) is 4.20. The molecule has 0 rings (SSSR count). The molecule has 0 heterocycles. The molecule has 0 bridgehead atoms. The quantitative estimate of drug-likeness (QED) is 0.409. The van der Waals surface area contributed by atoms with Gasteiger partial charge in [-0.3, -0.25) is 0 Å². The fraction of sp³-hybridized carbons (Fsp3) is 1.00. The van der Waals surface area contributed by atoms with Gasteiger partial charge in [-0.05, 0) is 0 Å². The van der Waals surface area contributed by atoms with Crippen molar-refractivity contribution in [1.82, 2.24) is 0 Å². The van der Waals surface area contributed by atoms with Crippen LogP contribution in [0.3, 0.4) is 0 Å². The predicted molar refractivity (Wildman–Crippen MR) is 48.8 cm³/mol. The van der Waals surface area contributed by atoms with Crippen LogP contribution in [0.25, 0.3) is 0 Å². The Balaban J connectivity index is 3.07. The van der Waals surface area contributed by atoms with Crippen molar-refractivity contribution in [2.75, 3.05) is 0 Å². The van der Waals surface area contributed by atoms with Crippen LogP contribution in [0.15, 0.2) is 0 Å². The van der Waals surface area contributed by atoms with Gasteiger partial charge in [0.1, 0.15) is 0 Å².